The van der Waals surface area contributed by atoms with E-state index in [1.807, 2.05) is 13.8 Å². The van der Waals surface area contributed by atoms with Crippen molar-refractivity contribution in [3.05, 3.63) is 34.9 Å². The number of amides is 1. The summed E-state index contributed by atoms with van der Waals surface area (Å²) in [7, 11) is 0. The first kappa shape index (κ1) is 13.5. The Morgan fingerprint density at radius 1 is 1.29 bits per heavy atom. The van der Waals surface area contributed by atoms with Crippen LogP contribution in [0.4, 0.5) is 4.79 Å². The van der Waals surface area contributed by atoms with Crippen molar-refractivity contribution >= 4 is 23.5 Å². The van der Waals surface area contributed by atoms with Crippen LogP contribution in [0, 0.1) is 0 Å². The number of hydrogen-bond donors (Lipinski definition) is 1. The maximum atomic E-state index is 11.6. The highest BCUT2D eigenvalue weighted by Crippen LogP contribution is 2.10. The summed E-state index contributed by atoms with van der Waals surface area (Å²) in [6.07, 6.45) is -0.595. The molecule has 92 valence electrons. The molecular weight excluding hydrogens is 242 g/mol. The normalized spacial score (nSPS) is 10.1. The minimum Gasteiger partial charge on any atom is -0.441 e. The summed E-state index contributed by atoms with van der Waals surface area (Å²) in [5.41, 5.74) is 0.465. The summed E-state index contributed by atoms with van der Waals surface area (Å²) in [5, 5.41) is 3.08. The Hall–Kier alpha value is -1.55. The number of hydrogen-bond acceptors (Lipinski definition) is 3. The average molecular weight is 256 g/mol. The molecule has 4 nitrogen and oxygen atoms in total. The minimum atomic E-state index is -0.595. The lowest BCUT2D eigenvalue weighted by molar-refractivity contribution is 0.0840. The van der Waals surface area contributed by atoms with Gasteiger partial charge in [-0.05, 0) is 38.1 Å². The fraction of sp³-hybridized carbons (Fsp3) is 0.333. The Kier molecular flexibility index (Phi) is 4.97. The van der Waals surface area contributed by atoms with Crippen molar-refractivity contribution in [2.45, 2.75) is 19.9 Å². The number of carbonyl (C=O) groups is 2. The number of Topliss-reactive ketones (excluding diaryl/α,β-unsaturated/α-hetero) is 1. The van der Waals surface area contributed by atoms with Crippen LogP contribution in [-0.2, 0) is 4.74 Å². The van der Waals surface area contributed by atoms with Gasteiger partial charge in [0.2, 0.25) is 0 Å². The van der Waals surface area contributed by atoms with Gasteiger partial charge in [-0.2, -0.15) is 0 Å². The highest BCUT2D eigenvalue weighted by atomic mass is 35.5. The zero-order valence-corrected chi connectivity index (χ0v) is 10.5. The van der Waals surface area contributed by atoms with E-state index in [1.165, 1.54) is 0 Å². The summed E-state index contributed by atoms with van der Waals surface area (Å²) in [6, 6.07) is 6.39. The van der Waals surface area contributed by atoms with Gasteiger partial charge < -0.3 is 10.1 Å². The summed E-state index contributed by atoms with van der Waals surface area (Å²) in [5.74, 6) is -0.263. The molecule has 0 aromatic heterocycles. The molecule has 5 heteroatoms. The van der Waals surface area contributed by atoms with Gasteiger partial charge in [0.1, 0.15) is 0 Å². The molecule has 0 spiro atoms. The van der Waals surface area contributed by atoms with Gasteiger partial charge in [-0.15, -0.1) is 0 Å². The van der Waals surface area contributed by atoms with Gasteiger partial charge in [0.25, 0.3) is 0 Å². The number of carbonyl (C=O) groups excluding carboxylic acids is 2. The molecule has 0 saturated heterocycles. The topological polar surface area (TPSA) is 55.4 Å². The number of halogens is 1. The smallest absolute Gasteiger partial charge is 0.407 e. The molecule has 0 saturated carbocycles. The molecule has 0 radical (unpaired) electrons. The van der Waals surface area contributed by atoms with Gasteiger partial charge in [-0.3, -0.25) is 4.79 Å². The molecule has 0 fully saturated rings. The van der Waals surface area contributed by atoms with E-state index in [-0.39, 0.29) is 18.4 Å². The quantitative estimate of drug-likeness (QED) is 0.842. The van der Waals surface area contributed by atoms with Gasteiger partial charge in [-0.25, -0.2) is 4.79 Å². The summed E-state index contributed by atoms with van der Waals surface area (Å²) in [6.45, 7) is 3.34. The molecule has 1 amide bonds. The molecule has 0 atom stereocenters. The minimum absolute atomic E-state index is 0.0202. The first-order valence-electron chi connectivity index (χ1n) is 5.21. The predicted molar refractivity (Wildman–Crippen MR) is 65.4 cm³/mol. The van der Waals surface area contributed by atoms with Crippen molar-refractivity contribution in [2.75, 3.05) is 6.61 Å². The molecule has 0 unspecified atom stereocenters. The second-order valence-corrected chi connectivity index (χ2v) is 4.24. The zero-order chi connectivity index (χ0) is 12.8. The standard InChI is InChI=1S/C12H14ClNO3/c1-8(2)14-12(16)17-7-11(15)9-3-5-10(13)6-4-9/h3-6,8H,7H2,1-2H3,(H,14,16). The second kappa shape index (κ2) is 6.25. The number of rotatable bonds is 4. The summed E-state index contributed by atoms with van der Waals surface area (Å²) < 4.78 is 4.77. The molecule has 1 N–H and O–H groups in total. The molecule has 1 aromatic rings. The molecule has 0 heterocycles. The molecule has 1 rings (SSSR count). The predicted octanol–water partition coefficient (Wildman–Crippen LogP) is 2.66. The SMILES string of the molecule is CC(C)NC(=O)OCC(=O)c1ccc(Cl)cc1. The lowest BCUT2D eigenvalue weighted by Crippen LogP contribution is -2.32. The maximum Gasteiger partial charge on any atom is 0.407 e. The van der Waals surface area contributed by atoms with Crippen LogP contribution in [-0.4, -0.2) is 24.5 Å². The molecule has 1 aromatic carbocycles. The molecule has 0 bridgehead atoms. The van der Waals surface area contributed by atoms with Crippen LogP contribution in [0.3, 0.4) is 0 Å². The van der Waals surface area contributed by atoms with E-state index < -0.39 is 6.09 Å². The molecular formula is C12H14ClNO3. The number of alkyl carbamates (subject to hydrolysis) is 1. The monoisotopic (exact) mass is 255 g/mol. The first-order chi connectivity index (χ1) is 7.99. The number of nitrogens with one attached hydrogen (secondary N) is 1. The van der Waals surface area contributed by atoms with Crippen molar-refractivity contribution < 1.29 is 14.3 Å². The lowest BCUT2D eigenvalue weighted by atomic mass is 10.1. The van der Waals surface area contributed by atoms with E-state index >= 15 is 0 Å². The Morgan fingerprint density at radius 3 is 2.41 bits per heavy atom. The fourth-order valence-electron chi connectivity index (χ4n) is 1.13. The highest BCUT2D eigenvalue weighted by Gasteiger charge is 2.10. The van der Waals surface area contributed by atoms with Crippen LogP contribution in [0.5, 0.6) is 0 Å². The summed E-state index contributed by atoms with van der Waals surface area (Å²) >= 11 is 5.69. The Morgan fingerprint density at radius 2 is 1.88 bits per heavy atom. The van der Waals surface area contributed by atoms with Crippen LogP contribution < -0.4 is 5.32 Å². The van der Waals surface area contributed by atoms with Gasteiger partial charge in [0, 0.05) is 16.6 Å². The van der Waals surface area contributed by atoms with Crippen molar-refractivity contribution in [3.63, 3.8) is 0 Å². The van der Waals surface area contributed by atoms with E-state index in [0.29, 0.717) is 10.6 Å². The molecule has 0 aliphatic rings. The molecule has 0 aliphatic carbocycles. The second-order valence-electron chi connectivity index (χ2n) is 3.81. The zero-order valence-electron chi connectivity index (χ0n) is 9.70. The number of benzene rings is 1. The largest absolute Gasteiger partial charge is 0.441 e. The van der Waals surface area contributed by atoms with Gasteiger partial charge in [-0.1, -0.05) is 11.6 Å². The number of ether oxygens (including phenoxy) is 1. The van der Waals surface area contributed by atoms with E-state index in [0.717, 1.165) is 0 Å². The van der Waals surface area contributed by atoms with E-state index in [2.05, 4.69) is 5.32 Å². The van der Waals surface area contributed by atoms with Crippen LogP contribution in [0.2, 0.25) is 5.02 Å². The van der Waals surface area contributed by atoms with Gasteiger partial charge >= 0.3 is 6.09 Å². The third kappa shape index (κ3) is 4.87. The van der Waals surface area contributed by atoms with E-state index in [4.69, 9.17) is 16.3 Å². The van der Waals surface area contributed by atoms with E-state index in [9.17, 15) is 9.59 Å². The van der Waals surface area contributed by atoms with Crippen LogP contribution in [0.1, 0.15) is 24.2 Å². The van der Waals surface area contributed by atoms with Crippen molar-refractivity contribution in [1.82, 2.24) is 5.32 Å². The summed E-state index contributed by atoms with van der Waals surface area (Å²) in [4.78, 5) is 22.7. The number of ketones is 1. The van der Waals surface area contributed by atoms with Crippen molar-refractivity contribution in [2.24, 2.45) is 0 Å². The fourth-order valence-corrected chi connectivity index (χ4v) is 1.25. The average Bonchev–Trinajstić information content (AvgIpc) is 2.26. The van der Waals surface area contributed by atoms with Gasteiger partial charge in [0.05, 0.1) is 0 Å². The third-order valence-electron chi connectivity index (χ3n) is 1.91. The molecule has 0 aliphatic heterocycles. The maximum absolute atomic E-state index is 11.6. The lowest BCUT2D eigenvalue weighted by Gasteiger charge is -2.08. The van der Waals surface area contributed by atoms with Gasteiger partial charge in [0.15, 0.2) is 12.4 Å². The van der Waals surface area contributed by atoms with E-state index in [1.54, 1.807) is 24.3 Å². The van der Waals surface area contributed by atoms with Crippen molar-refractivity contribution in [3.8, 4) is 0 Å². The van der Waals surface area contributed by atoms with Crippen LogP contribution in [0.15, 0.2) is 24.3 Å². The highest BCUT2D eigenvalue weighted by molar-refractivity contribution is 6.30. The Balaban J connectivity index is 2.45. The first-order valence-corrected chi connectivity index (χ1v) is 5.59. The Bertz CT molecular complexity index is 401. The third-order valence-corrected chi connectivity index (χ3v) is 2.16. The van der Waals surface area contributed by atoms with Crippen LogP contribution in [0.25, 0.3) is 0 Å². The van der Waals surface area contributed by atoms with Crippen molar-refractivity contribution in [1.29, 1.82) is 0 Å². The Labute approximate surface area is 105 Å². The van der Waals surface area contributed by atoms with Crippen LogP contribution >= 0.6 is 11.6 Å². The molecule has 17 heavy (non-hydrogen) atoms.